The van der Waals surface area contributed by atoms with Crippen LogP contribution in [0.15, 0.2) is 53.0 Å². The van der Waals surface area contributed by atoms with E-state index in [-0.39, 0.29) is 29.7 Å². The minimum absolute atomic E-state index is 0.0295. The number of phenolic OH excluding ortho intramolecular Hbond substituents is 1. The van der Waals surface area contributed by atoms with Crippen molar-refractivity contribution in [3.8, 4) is 16.9 Å². The van der Waals surface area contributed by atoms with E-state index >= 15 is 0 Å². The van der Waals surface area contributed by atoms with Crippen molar-refractivity contribution in [2.24, 2.45) is 11.7 Å². The molecule has 0 saturated heterocycles. The maximum absolute atomic E-state index is 14.1. The number of benzene rings is 2. The number of nitrogens with zero attached hydrogens (tertiary/aromatic N) is 2. The Morgan fingerprint density at radius 3 is 2.30 bits per heavy atom. The van der Waals surface area contributed by atoms with E-state index in [2.05, 4.69) is 0 Å². The summed E-state index contributed by atoms with van der Waals surface area (Å²) in [6.07, 6.45) is -2.11. The molecule has 1 amide bonds. The van der Waals surface area contributed by atoms with E-state index in [4.69, 9.17) is 11.5 Å². The Bertz CT molecular complexity index is 1470. The van der Waals surface area contributed by atoms with Crippen LogP contribution >= 0.6 is 0 Å². The van der Waals surface area contributed by atoms with E-state index in [1.807, 2.05) is 0 Å². The largest absolute Gasteiger partial charge is 0.511 e. The average molecular weight is 551 g/mol. The fourth-order valence-electron chi connectivity index (χ4n) is 5.79. The predicted molar refractivity (Wildman–Crippen MR) is 150 cm³/mol. The number of fused-ring (bicyclic) bond motifs is 2. The Kier molecular flexibility index (Phi) is 7.64. The molecule has 11 nitrogen and oxygen atoms in total. The molecule has 0 bridgehead atoms. The van der Waals surface area contributed by atoms with Gasteiger partial charge in [-0.1, -0.05) is 12.1 Å². The predicted octanol–water partition coefficient (Wildman–Crippen LogP) is 1.83. The normalized spacial score (nSPS) is 25.4. The first-order chi connectivity index (χ1) is 18.7. The van der Waals surface area contributed by atoms with Crippen LogP contribution in [0.5, 0.6) is 5.75 Å². The molecule has 2 aromatic rings. The summed E-state index contributed by atoms with van der Waals surface area (Å²) in [6, 6.07) is 7.39. The SMILES string of the molecule is CN(C)c1cc(-c2cccc(N)c2)c(O)c2c1C[C@H]1C[C@H](O)[C@H](N(C)C)/C(O)=C(/C(N)=O)C(=O)C/C(O)=C\1C2=O. The third kappa shape index (κ3) is 4.89. The second kappa shape index (κ2) is 10.7. The summed E-state index contributed by atoms with van der Waals surface area (Å²) in [7, 11) is 6.68. The van der Waals surface area contributed by atoms with Gasteiger partial charge in [0.25, 0.3) is 5.91 Å². The maximum atomic E-state index is 14.1. The maximum Gasteiger partial charge on any atom is 0.255 e. The van der Waals surface area contributed by atoms with Gasteiger partial charge in [-0.15, -0.1) is 0 Å². The highest BCUT2D eigenvalue weighted by atomic mass is 16.3. The number of amides is 1. The first kappa shape index (κ1) is 28.7. The van der Waals surface area contributed by atoms with Gasteiger partial charge in [-0.2, -0.15) is 0 Å². The van der Waals surface area contributed by atoms with Crippen molar-refractivity contribution in [2.75, 3.05) is 38.8 Å². The number of nitrogens with two attached hydrogens (primary N) is 2. The number of aromatic hydroxyl groups is 1. The third-order valence-electron chi connectivity index (χ3n) is 7.54. The second-order valence-electron chi connectivity index (χ2n) is 10.7. The number of phenols is 1. The molecule has 2 aromatic carbocycles. The number of anilines is 2. The van der Waals surface area contributed by atoms with Crippen molar-refractivity contribution in [2.45, 2.75) is 31.4 Å². The molecule has 0 unspecified atom stereocenters. The zero-order valence-electron chi connectivity index (χ0n) is 22.8. The molecule has 0 aromatic heterocycles. The Hall–Kier alpha value is -4.35. The van der Waals surface area contributed by atoms with Crippen molar-refractivity contribution in [1.82, 2.24) is 4.90 Å². The Morgan fingerprint density at radius 1 is 1.05 bits per heavy atom. The smallest absolute Gasteiger partial charge is 0.255 e. The highest BCUT2D eigenvalue weighted by molar-refractivity contribution is 6.20. The van der Waals surface area contributed by atoms with Gasteiger partial charge in [0.05, 0.1) is 24.1 Å². The number of carbonyl (C=O) groups excluding carboxylic acids is 3. The lowest BCUT2D eigenvalue weighted by atomic mass is 9.72. The molecule has 3 atom stereocenters. The Morgan fingerprint density at radius 2 is 1.73 bits per heavy atom. The van der Waals surface area contributed by atoms with E-state index in [9.17, 15) is 34.8 Å². The van der Waals surface area contributed by atoms with Crippen LogP contribution < -0.4 is 16.4 Å². The minimum Gasteiger partial charge on any atom is -0.511 e. The number of hydrogen-bond acceptors (Lipinski definition) is 10. The molecule has 8 N–H and O–H groups in total. The van der Waals surface area contributed by atoms with E-state index in [1.165, 1.54) is 4.90 Å². The van der Waals surface area contributed by atoms with Crippen molar-refractivity contribution < 1.29 is 34.8 Å². The Balaban J connectivity index is 1.97. The topological polar surface area (TPSA) is 191 Å². The lowest BCUT2D eigenvalue weighted by molar-refractivity contribution is -0.121. The van der Waals surface area contributed by atoms with Crippen molar-refractivity contribution in [1.29, 1.82) is 0 Å². The molecular formula is C29H34N4O7. The van der Waals surface area contributed by atoms with Crippen LogP contribution in [0.1, 0.15) is 28.8 Å². The number of Topliss-reactive ketones (excluding diaryl/α,β-unsaturated/α-hetero) is 2. The fraction of sp³-hybridized carbons (Fsp3) is 0.345. The summed E-state index contributed by atoms with van der Waals surface area (Å²) in [5.74, 6) is -5.33. The van der Waals surface area contributed by atoms with Crippen LogP contribution in [0, 0.1) is 5.92 Å². The second-order valence-corrected chi connectivity index (χ2v) is 10.7. The van der Waals surface area contributed by atoms with Gasteiger partial charge in [0, 0.05) is 36.6 Å². The number of rotatable bonds is 4. The molecular weight excluding hydrogens is 516 g/mol. The molecule has 11 heteroatoms. The molecule has 0 radical (unpaired) electrons. The summed E-state index contributed by atoms with van der Waals surface area (Å²) in [5.41, 5.74) is 13.0. The zero-order chi connectivity index (χ0) is 29.6. The number of aliphatic hydroxyl groups excluding tert-OH is 3. The summed E-state index contributed by atoms with van der Waals surface area (Å²) in [6.45, 7) is 0. The number of carbonyl (C=O) groups is 3. The van der Waals surface area contributed by atoms with E-state index in [0.29, 0.717) is 28.1 Å². The molecule has 4 rings (SSSR count). The number of allylic oxidation sites excluding steroid dienone is 2. The Labute approximate surface area is 231 Å². The summed E-state index contributed by atoms with van der Waals surface area (Å²) in [5, 5.41) is 44.7. The van der Waals surface area contributed by atoms with Crippen LogP contribution in [0.25, 0.3) is 11.1 Å². The summed E-state index contributed by atoms with van der Waals surface area (Å²) in [4.78, 5) is 42.6. The number of aliphatic hydroxyl groups is 3. The standard InChI is InChI=1S/C29H34N4O7/c1-32(2)18-11-16(13-6-5-7-15(30)8-13)26(37)23-17(18)9-14-10-21(36)25(33(3)4)28(39)24(29(31)40)20(35)12-19(34)22(14)27(23)38/h5-8,11,14,21,25,34,36-37,39H,9-10,12,30H2,1-4H3,(H2,31,40)/b22-19-,28-24-/t14-,21-,25-/m0/s1. The molecule has 0 fully saturated rings. The molecule has 0 saturated carbocycles. The number of likely N-dealkylation sites (N-methyl/N-ethyl adjacent to an activating group) is 1. The van der Waals surface area contributed by atoms with Crippen LogP contribution in [-0.4, -0.2) is 83.1 Å². The van der Waals surface area contributed by atoms with Gasteiger partial charge in [-0.3, -0.25) is 19.3 Å². The van der Waals surface area contributed by atoms with Crippen LogP contribution in [-0.2, 0) is 16.0 Å². The van der Waals surface area contributed by atoms with Crippen molar-refractivity contribution in [3.05, 3.63) is 64.1 Å². The average Bonchev–Trinajstić information content (AvgIpc) is 2.82. The van der Waals surface area contributed by atoms with Gasteiger partial charge < -0.3 is 36.8 Å². The number of nitrogen functional groups attached to an aromatic ring is 1. The molecule has 2 aliphatic carbocycles. The van der Waals surface area contributed by atoms with Crippen LogP contribution in [0.2, 0.25) is 0 Å². The third-order valence-corrected chi connectivity index (χ3v) is 7.54. The fourth-order valence-corrected chi connectivity index (χ4v) is 5.79. The van der Waals surface area contributed by atoms with Gasteiger partial charge in [-0.25, -0.2) is 0 Å². The minimum atomic E-state index is -1.36. The molecule has 0 heterocycles. The van der Waals surface area contributed by atoms with Gasteiger partial charge in [0.1, 0.15) is 22.8 Å². The highest BCUT2D eigenvalue weighted by Crippen LogP contribution is 2.47. The molecule has 0 aliphatic heterocycles. The first-order valence-corrected chi connectivity index (χ1v) is 12.7. The highest BCUT2D eigenvalue weighted by Gasteiger charge is 2.42. The summed E-state index contributed by atoms with van der Waals surface area (Å²) >= 11 is 0. The zero-order valence-corrected chi connectivity index (χ0v) is 22.8. The number of hydrogen-bond donors (Lipinski definition) is 6. The van der Waals surface area contributed by atoms with E-state index < -0.39 is 59.0 Å². The number of ketones is 2. The summed E-state index contributed by atoms with van der Waals surface area (Å²) < 4.78 is 0. The molecule has 0 spiro atoms. The van der Waals surface area contributed by atoms with Gasteiger partial charge in [0.2, 0.25) is 0 Å². The molecule has 40 heavy (non-hydrogen) atoms. The van der Waals surface area contributed by atoms with Gasteiger partial charge >= 0.3 is 0 Å². The monoisotopic (exact) mass is 550 g/mol. The molecule has 2 aliphatic rings. The lowest BCUT2D eigenvalue weighted by Gasteiger charge is -2.36. The van der Waals surface area contributed by atoms with Gasteiger partial charge in [0.15, 0.2) is 11.6 Å². The van der Waals surface area contributed by atoms with Gasteiger partial charge in [-0.05, 0) is 62.2 Å². The van der Waals surface area contributed by atoms with Crippen LogP contribution in [0.3, 0.4) is 0 Å². The first-order valence-electron chi connectivity index (χ1n) is 12.7. The molecule has 212 valence electrons. The van der Waals surface area contributed by atoms with E-state index in [1.54, 1.807) is 63.4 Å². The lowest BCUT2D eigenvalue weighted by Crippen LogP contribution is -2.45. The van der Waals surface area contributed by atoms with Crippen LogP contribution in [0.4, 0.5) is 11.4 Å². The van der Waals surface area contributed by atoms with E-state index in [0.717, 1.165) is 0 Å². The van der Waals surface area contributed by atoms with Crippen molar-refractivity contribution in [3.63, 3.8) is 0 Å². The quantitative estimate of drug-likeness (QED) is 0.242. The number of primary amides is 1. The van der Waals surface area contributed by atoms with Crippen molar-refractivity contribution >= 4 is 28.8 Å².